The van der Waals surface area contributed by atoms with Gasteiger partial charge in [-0.2, -0.15) is 5.10 Å². The maximum atomic E-state index is 11.7. The molecule has 0 saturated carbocycles. The van der Waals surface area contributed by atoms with E-state index in [0.29, 0.717) is 6.54 Å². The van der Waals surface area contributed by atoms with Crippen molar-refractivity contribution >= 4 is 11.6 Å². The van der Waals surface area contributed by atoms with E-state index in [1.165, 1.54) is 0 Å². The predicted octanol–water partition coefficient (Wildman–Crippen LogP) is 2.13. The molecule has 0 unspecified atom stereocenters. The average Bonchev–Trinajstić information content (AvgIpc) is 2.72. The smallest absolute Gasteiger partial charge is 0.225 e. The third-order valence-corrected chi connectivity index (χ3v) is 3.10. The second-order valence-corrected chi connectivity index (χ2v) is 6.16. The van der Waals surface area contributed by atoms with Gasteiger partial charge in [-0.25, -0.2) is 9.50 Å². The summed E-state index contributed by atoms with van der Waals surface area (Å²) in [5.41, 5.74) is 2.64. The number of hydrogen-bond acceptors (Lipinski definition) is 3. The Morgan fingerprint density at radius 1 is 1.40 bits per heavy atom. The summed E-state index contributed by atoms with van der Waals surface area (Å²) < 4.78 is 1.80. The van der Waals surface area contributed by atoms with E-state index in [1.807, 2.05) is 46.2 Å². The molecule has 0 aliphatic heterocycles. The Balaban J connectivity index is 1.85. The normalized spacial score (nSPS) is 11.8. The van der Waals surface area contributed by atoms with Gasteiger partial charge in [-0.3, -0.25) is 4.79 Å². The van der Waals surface area contributed by atoms with Gasteiger partial charge < -0.3 is 5.32 Å². The number of carbonyl (C=O) groups excluding carboxylic acids is 1. The molecule has 2 rings (SSSR count). The van der Waals surface area contributed by atoms with E-state index in [9.17, 15) is 4.79 Å². The van der Waals surface area contributed by atoms with Crippen LogP contribution in [0.4, 0.5) is 0 Å². The van der Waals surface area contributed by atoms with Crippen molar-refractivity contribution in [2.75, 3.05) is 6.54 Å². The van der Waals surface area contributed by atoms with E-state index in [4.69, 9.17) is 0 Å². The van der Waals surface area contributed by atoms with E-state index in [0.717, 1.165) is 29.7 Å². The summed E-state index contributed by atoms with van der Waals surface area (Å²) in [5, 5.41) is 7.30. The first-order chi connectivity index (χ1) is 9.36. The Morgan fingerprint density at radius 2 is 2.15 bits per heavy atom. The van der Waals surface area contributed by atoms with Gasteiger partial charge >= 0.3 is 0 Å². The van der Waals surface area contributed by atoms with Gasteiger partial charge in [-0.15, -0.1) is 0 Å². The van der Waals surface area contributed by atoms with Crippen molar-refractivity contribution in [1.82, 2.24) is 19.9 Å². The van der Waals surface area contributed by atoms with Crippen molar-refractivity contribution in [3.63, 3.8) is 0 Å². The highest BCUT2D eigenvalue weighted by atomic mass is 16.2. The van der Waals surface area contributed by atoms with E-state index in [1.54, 1.807) is 4.52 Å². The molecule has 5 heteroatoms. The van der Waals surface area contributed by atoms with Crippen molar-refractivity contribution in [2.45, 2.75) is 40.5 Å². The molecule has 20 heavy (non-hydrogen) atoms. The van der Waals surface area contributed by atoms with Crippen LogP contribution in [0, 0.1) is 12.3 Å². The molecule has 2 heterocycles. The van der Waals surface area contributed by atoms with Crippen molar-refractivity contribution in [1.29, 1.82) is 0 Å². The lowest BCUT2D eigenvalue weighted by Crippen LogP contribution is -2.35. The molecule has 0 spiro atoms. The summed E-state index contributed by atoms with van der Waals surface area (Å²) in [6, 6.07) is 1.95. The number of nitrogens with one attached hydrogen (secondary N) is 1. The minimum Gasteiger partial charge on any atom is -0.356 e. The van der Waals surface area contributed by atoms with Crippen molar-refractivity contribution in [3.05, 3.63) is 29.7 Å². The van der Waals surface area contributed by atoms with Crippen LogP contribution >= 0.6 is 0 Å². The fourth-order valence-electron chi connectivity index (χ4n) is 1.92. The molecular formula is C15H22N4O. The van der Waals surface area contributed by atoms with Crippen LogP contribution in [0.15, 0.2) is 18.5 Å². The third-order valence-electron chi connectivity index (χ3n) is 3.10. The Kier molecular flexibility index (Phi) is 4.06. The Morgan fingerprint density at radius 3 is 2.85 bits per heavy atom. The van der Waals surface area contributed by atoms with E-state index >= 15 is 0 Å². The standard InChI is InChI=1S/C15H22N4O/c1-11-8-13-17-9-12(10-19(13)18-11)6-5-7-16-14(20)15(2,3)4/h8-10H,5-7H2,1-4H3,(H,16,20). The van der Waals surface area contributed by atoms with Gasteiger partial charge in [0.05, 0.1) is 5.69 Å². The Bertz CT molecular complexity index is 610. The van der Waals surface area contributed by atoms with Crippen molar-refractivity contribution in [2.24, 2.45) is 5.41 Å². The third kappa shape index (κ3) is 3.56. The number of carbonyl (C=O) groups is 1. The highest BCUT2D eigenvalue weighted by Crippen LogP contribution is 2.12. The summed E-state index contributed by atoms with van der Waals surface area (Å²) in [6.45, 7) is 8.39. The van der Waals surface area contributed by atoms with Crippen LogP contribution in [-0.4, -0.2) is 27.0 Å². The number of aromatic nitrogens is 3. The lowest BCUT2D eigenvalue weighted by Gasteiger charge is -2.17. The van der Waals surface area contributed by atoms with E-state index in [2.05, 4.69) is 15.4 Å². The van der Waals surface area contributed by atoms with Crippen LogP contribution in [0.2, 0.25) is 0 Å². The Hall–Kier alpha value is -1.91. The zero-order valence-corrected chi connectivity index (χ0v) is 12.6. The molecule has 0 bridgehead atoms. The SMILES string of the molecule is Cc1cc2ncc(CCCNC(=O)C(C)(C)C)cn2n1. The van der Waals surface area contributed by atoms with Crippen LogP contribution in [0.3, 0.4) is 0 Å². The molecule has 2 aromatic heterocycles. The molecule has 0 fully saturated rings. The number of nitrogens with zero attached hydrogens (tertiary/aromatic N) is 3. The van der Waals surface area contributed by atoms with Crippen molar-refractivity contribution in [3.8, 4) is 0 Å². The minimum atomic E-state index is -0.326. The molecule has 108 valence electrons. The second-order valence-electron chi connectivity index (χ2n) is 6.16. The van der Waals surface area contributed by atoms with Crippen LogP contribution in [-0.2, 0) is 11.2 Å². The maximum absolute atomic E-state index is 11.7. The number of rotatable bonds is 4. The van der Waals surface area contributed by atoms with E-state index in [-0.39, 0.29) is 11.3 Å². The summed E-state index contributed by atoms with van der Waals surface area (Å²) in [5.74, 6) is 0.0915. The van der Waals surface area contributed by atoms with Gasteiger partial charge in [0.15, 0.2) is 5.65 Å². The monoisotopic (exact) mass is 274 g/mol. The zero-order chi connectivity index (χ0) is 14.8. The second kappa shape index (κ2) is 5.61. The number of amides is 1. The first kappa shape index (κ1) is 14.5. The summed E-state index contributed by atoms with van der Waals surface area (Å²) in [6.07, 6.45) is 5.66. The van der Waals surface area contributed by atoms with Gasteiger partial charge in [0.1, 0.15) is 0 Å². The lowest BCUT2D eigenvalue weighted by molar-refractivity contribution is -0.128. The summed E-state index contributed by atoms with van der Waals surface area (Å²) in [7, 11) is 0. The number of hydrogen-bond donors (Lipinski definition) is 1. The number of fused-ring (bicyclic) bond motifs is 1. The van der Waals surface area contributed by atoms with E-state index < -0.39 is 0 Å². The Labute approximate surface area is 119 Å². The first-order valence-corrected chi connectivity index (χ1v) is 6.95. The van der Waals surface area contributed by atoms with Crippen LogP contribution in [0.25, 0.3) is 5.65 Å². The predicted molar refractivity (Wildman–Crippen MR) is 78.5 cm³/mol. The molecule has 0 saturated heterocycles. The number of aryl methyl sites for hydroxylation is 2. The van der Waals surface area contributed by atoms with Gasteiger partial charge in [0.2, 0.25) is 5.91 Å². The van der Waals surface area contributed by atoms with Crippen molar-refractivity contribution < 1.29 is 4.79 Å². The molecule has 1 amide bonds. The summed E-state index contributed by atoms with van der Waals surface area (Å²) in [4.78, 5) is 16.1. The molecule has 2 aromatic rings. The molecule has 1 N–H and O–H groups in total. The van der Waals surface area contributed by atoms with Crippen LogP contribution in [0.5, 0.6) is 0 Å². The minimum absolute atomic E-state index is 0.0915. The molecular weight excluding hydrogens is 252 g/mol. The van der Waals surface area contributed by atoms with Gasteiger partial charge in [-0.1, -0.05) is 20.8 Å². The average molecular weight is 274 g/mol. The molecule has 0 atom stereocenters. The lowest BCUT2D eigenvalue weighted by atomic mass is 9.96. The van der Waals surface area contributed by atoms with Crippen LogP contribution in [0.1, 0.15) is 38.4 Å². The van der Waals surface area contributed by atoms with Gasteiger partial charge in [0, 0.05) is 30.4 Å². The molecule has 0 aliphatic rings. The highest BCUT2D eigenvalue weighted by Gasteiger charge is 2.20. The maximum Gasteiger partial charge on any atom is 0.225 e. The first-order valence-electron chi connectivity index (χ1n) is 6.95. The summed E-state index contributed by atoms with van der Waals surface area (Å²) >= 11 is 0. The molecule has 0 aromatic carbocycles. The molecule has 0 aliphatic carbocycles. The van der Waals surface area contributed by atoms with Crippen LogP contribution < -0.4 is 5.32 Å². The van der Waals surface area contributed by atoms with Gasteiger partial charge in [0.25, 0.3) is 0 Å². The fourth-order valence-corrected chi connectivity index (χ4v) is 1.92. The largest absolute Gasteiger partial charge is 0.356 e. The quantitative estimate of drug-likeness (QED) is 0.869. The molecule has 0 radical (unpaired) electrons. The topological polar surface area (TPSA) is 59.3 Å². The zero-order valence-electron chi connectivity index (χ0n) is 12.6. The van der Waals surface area contributed by atoms with Gasteiger partial charge in [-0.05, 0) is 25.3 Å². The molecule has 5 nitrogen and oxygen atoms in total. The fraction of sp³-hybridized carbons (Fsp3) is 0.533. The highest BCUT2D eigenvalue weighted by molar-refractivity contribution is 5.81.